The average Bonchev–Trinajstić information content (AvgIpc) is 2.69. The van der Waals surface area contributed by atoms with Crippen LogP contribution in [0.5, 0.6) is 0 Å². The van der Waals surface area contributed by atoms with Crippen molar-refractivity contribution in [2.45, 2.75) is 33.9 Å². The maximum absolute atomic E-state index is 5.49. The van der Waals surface area contributed by atoms with Gasteiger partial charge < -0.3 is 10.1 Å². The number of nitrogens with one attached hydrogen (secondary N) is 1. The standard InChI is InChI=1S/C11H22N4O/c1-4-12-7-11-8-15(14-13-11)5-6-16-9-10(2)3/h8,10,12H,4-7,9H2,1-3H3. The minimum absolute atomic E-state index is 0.583. The van der Waals surface area contributed by atoms with Crippen molar-refractivity contribution in [3.63, 3.8) is 0 Å². The lowest BCUT2D eigenvalue weighted by atomic mass is 10.2. The maximum atomic E-state index is 5.49. The first kappa shape index (κ1) is 13.1. The van der Waals surface area contributed by atoms with Gasteiger partial charge in [0.05, 0.1) is 18.8 Å². The Labute approximate surface area is 97.2 Å². The third-order valence-corrected chi connectivity index (χ3v) is 2.06. The van der Waals surface area contributed by atoms with Crippen molar-refractivity contribution in [3.05, 3.63) is 11.9 Å². The van der Waals surface area contributed by atoms with E-state index in [1.807, 2.05) is 10.9 Å². The number of rotatable bonds is 8. The summed E-state index contributed by atoms with van der Waals surface area (Å²) in [5, 5.41) is 11.3. The molecule has 0 aliphatic rings. The Morgan fingerprint density at radius 1 is 1.50 bits per heavy atom. The Kier molecular flexibility index (Phi) is 6.03. The molecule has 1 heterocycles. The molecule has 0 fully saturated rings. The van der Waals surface area contributed by atoms with Gasteiger partial charge >= 0.3 is 0 Å². The minimum Gasteiger partial charge on any atom is -0.379 e. The zero-order chi connectivity index (χ0) is 11.8. The van der Waals surface area contributed by atoms with Crippen LogP contribution in [0.2, 0.25) is 0 Å². The third-order valence-electron chi connectivity index (χ3n) is 2.06. The van der Waals surface area contributed by atoms with E-state index < -0.39 is 0 Å². The van der Waals surface area contributed by atoms with Crippen LogP contribution in [-0.2, 0) is 17.8 Å². The Morgan fingerprint density at radius 2 is 2.31 bits per heavy atom. The van der Waals surface area contributed by atoms with Gasteiger partial charge in [0.15, 0.2) is 0 Å². The van der Waals surface area contributed by atoms with Crippen molar-refractivity contribution in [1.29, 1.82) is 0 Å². The molecule has 0 bridgehead atoms. The smallest absolute Gasteiger partial charge is 0.0964 e. The predicted octanol–water partition coefficient (Wildman–Crippen LogP) is 1.06. The molecule has 0 unspecified atom stereocenters. The first-order valence-corrected chi connectivity index (χ1v) is 5.89. The summed E-state index contributed by atoms with van der Waals surface area (Å²) in [5.41, 5.74) is 0.978. The van der Waals surface area contributed by atoms with Crippen molar-refractivity contribution < 1.29 is 4.74 Å². The zero-order valence-electron chi connectivity index (χ0n) is 10.4. The van der Waals surface area contributed by atoms with E-state index >= 15 is 0 Å². The van der Waals surface area contributed by atoms with E-state index in [0.29, 0.717) is 12.5 Å². The number of hydrogen-bond donors (Lipinski definition) is 1. The molecule has 0 amide bonds. The van der Waals surface area contributed by atoms with Gasteiger partial charge in [-0.1, -0.05) is 26.0 Å². The van der Waals surface area contributed by atoms with Gasteiger partial charge in [0.25, 0.3) is 0 Å². The quantitative estimate of drug-likeness (QED) is 0.673. The molecule has 5 heteroatoms. The third kappa shape index (κ3) is 5.23. The van der Waals surface area contributed by atoms with Crippen molar-refractivity contribution in [2.24, 2.45) is 5.92 Å². The first-order valence-electron chi connectivity index (χ1n) is 5.89. The van der Waals surface area contributed by atoms with Crippen LogP contribution in [0.1, 0.15) is 26.5 Å². The van der Waals surface area contributed by atoms with Gasteiger partial charge in [0.2, 0.25) is 0 Å². The van der Waals surface area contributed by atoms with Crippen LogP contribution >= 0.6 is 0 Å². The number of hydrogen-bond acceptors (Lipinski definition) is 4. The van der Waals surface area contributed by atoms with Crippen molar-refractivity contribution in [2.75, 3.05) is 19.8 Å². The van der Waals surface area contributed by atoms with Crippen molar-refractivity contribution in [3.8, 4) is 0 Å². The second-order valence-corrected chi connectivity index (χ2v) is 4.22. The highest BCUT2D eigenvalue weighted by Gasteiger charge is 2.00. The van der Waals surface area contributed by atoms with Gasteiger partial charge in [-0.3, -0.25) is 0 Å². The zero-order valence-corrected chi connectivity index (χ0v) is 10.4. The Morgan fingerprint density at radius 3 is 3.00 bits per heavy atom. The fourth-order valence-electron chi connectivity index (χ4n) is 1.26. The Bertz CT molecular complexity index is 285. The second-order valence-electron chi connectivity index (χ2n) is 4.22. The molecule has 16 heavy (non-hydrogen) atoms. The van der Waals surface area contributed by atoms with Gasteiger partial charge in [-0.2, -0.15) is 0 Å². The summed E-state index contributed by atoms with van der Waals surface area (Å²) in [6, 6.07) is 0. The molecule has 0 spiro atoms. The highest BCUT2D eigenvalue weighted by Crippen LogP contribution is 1.95. The highest BCUT2D eigenvalue weighted by molar-refractivity contribution is 4.91. The number of aromatic nitrogens is 3. The van der Waals surface area contributed by atoms with E-state index in [-0.39, 0.29) is 0 Å². The molecule has 0 saturated carbocycles. The summed E-state index contributed by atoms with van der Waals surface area (Å²) < 4.78 is 7.31. The Hall–Kier alpha value is -0.940. The summed E-state index contributed by atoms with van der Waals surface area (Å²) in [4.78, 5) is 0. The van der Waals surface area contributed by atoms with E-state index in [1.54, 1.807) is 0 Å². The molecule has 0 saturated heterocycles. The summed E-state index contributed by atoms with van der Waals surface area (Å²) in [7, 11) is 0. The molecule has 0 radical (unpaired) electrons. The Balaban J connectivity index is 2.19. The fourth-order valence-corrected chi connectivity index (χ4v) is 1.26. The molecule has 0 aromatic carbocycles. The van der Waals surface area contributed by atoms with Crippen LogP contribution in [0.4, 0.5) is 0 Å². The second kappa shape index (κ2) is 7.35. The van der Waals surface area contributed by atoms with Crippen molar-refractivity contribution >= 4 is 0 Å². The lowest BCUT2D eigenvalue weighted by molar-refractivity contribution is 0.101. The number of nitrogens with zero attached hydrogens (tertiary/aromatic N) is 3. The van der Waals surface area contributed by atoms with E-state index in [4.69, 9.17) is 4.74 Å². The molecular formula is C11H22N4O. The summed E-state index contributed by atoms with van der Waals surface area (Å²) >= 11 is 0. The van der Waals surface area contributed by atoms with E-state index in [0.717, 1.165) is 31.9 Å². The molecule has 1 aromatic heterocycles. The summed E-state index contributed by atoms with van der Waals surface area (Å²) in [5.74, 6) is 0.583. The van der Waals surface area contributed by atoms with E-state index in [2.05, 4.69) is 36.4 Å². The monoisotopic (exact) mass is 226 g/mol. The molecule has 92 valence electrons. The van der Waals surface area contributed by atoms with Crippen LogP contribution < -0.4 is 5.32 Å². The normalized spacial score (nSPS) is 11.2. The van der Waals surface area contributed by atoms with Crippen LogP contribution in [0.15, 0.2) is 6.20 Å². The van der Waals surface area contributed by atoms with E-state index in [1.165, 1.54) is 0 Å². The van der Waals surface area contributed by atoms with E-state index in [9.17, 15) is 0 Å². The first-order chi connectivity index (χ1) is 7.72. The van der Waals surface area contributed by atoms with Gasteiger partial charge in [-0.15, -0.1) is 5.10 Å². The lowest BCUT2D eigenvalue weighted by Crippen LogP contribution is -2.12. The van der Waals surface area contributed by atoms with Gasteiger partial charge in [-0.05, 0) is 12.5 Å². The topological polar surface area (TPSA) is 52.0 Å². The number of ether oxygens (including phenoxy) is 1. The van der Waals surface area contributed by atoms with Crippen LogP contribution in [0.3, 0.4) is 0 Å². The van der Waals surface area contributed by atoms with Crippen molar-refractivity contribution in [1.82, 2.24) is 20.3 Å². The lowest BCUT2D eigenvalue weighted by Gasteiger charge is -2.05. The molecule has 1 rings (SSSR count). The average molecular weight is 226 g/mol. The molecule has 1 aromatic rings. The molecule has 0 aliphatic heterocycles. The van der Waals surface area contributed by atoms with Gasteiger partial charge in [-0.25, -0.2) is 4.68 Å². The predicted molar refractivity (Wildman–Crippen MR) is 63.1 cm³/mol. The SMILES string of the molecule is CCNCc1cn(CCOCC(C)C)nn1. The summed E-state index contributed by atoms with van der Waals surface area (Å²) in [6.45, 7) is 10.4. The molecule has 5 nitrogen and oxygen atoms in total. The van der Waals surface area contributed by atoms with Crippen LogP contribution in [0.25, 0.3) is 0 Å². The van der Waals surface area contributed by atoms with Crippen LogP contribution in [-0.4, -0.2) is 34.8 Å². The molecule has 1 N–H and O–H groups in total. The summed E-state index contributed by atoms with van der Waals surface area (Å²) in [6.07, 6.45) is 1.96. The molecule has 0 atom stereocenters. The maximum Gasteiger partial charge on any atom is 0.0964 e. The fraction of sp³-hybridized carbons (Fsp3) is 0.818. The highest BCUT2D eigenvalue weighted by atomic mass is 16.5. The van der Waals surface area contributed by atoms with Gasteiger partial charge in [0.1, 0.15) is 0 Å². The minimum atomic E-state index is 0.583. The van der Waals surface area contributed by atoms with Gasteiger partial charge in [0, 0.05) is 19.3 Å². The van der Waals surface area contributed by atoms with Crippen LogP contribution in [0, 0.1) is 5.92 Å². The molecule has 0 aliphatic carbocycles. The molecular weight excluding hydrogens is 204 g/mol. The largest absolute Gasteiger partial charge is 0.379 e.